The second-order valence-corrected chi connectivity index (χ2v) is 6.61. The summed E-state index contributed by atoms with van der Waals surface area (Å²) in [6.07, 6.45) is -0.470. The molecule has 0 unspecified atom stereocenters. The van der Waals surface area contributed by atoms with Crippen LogP contribution in [0.1, 0.15) is 18.9 Å². The van der Waals surface area contributed by atoms with Crippen LogP contribution in [0.4, 0.5) is 0 Å². The Hall–Kier alpha value is -2.26. The third-order valence-corrected chi connectivity index (χ3v) is 4.39. The van der Waals surface area contributed by atoms with E-state index in [1.54, 1.807) is 14.0 Å². The Kier molecular flexibility index (Phi) is 5.77. The van der Waals surface area contributed by atoms with Crippen molar-refractivity contribution < 1.29 is 23.4 Å². The second kappa shape index (κ2) is 8.21. The van der Waals surface area contributed by atoms with E-state index >= 15 is 0 Å². The highest BCUT2D eigenvalue weighted by Gasteiger charge is 2.28. The smallest absolute Gasteiger partial charge is 0.277 e. The molecule has 1 amide bonds. The average Bonchev–Trinajstić information content (AvgIpc) is 3.10. The fraction of sp³-hybridized carbons (Fsp3) is 0.438. The van der Waals surface area contributed by atoms with Gasteiger partial charge in [0.05, 0.1) is 11.9 Å². The SMILES string of the molecule is COCCNC(=O)[C@@H](C)Sc1nnc([C@H]2COc3ccccc3O2)o1. The molecular weight excluding hydrogens is 346 g/mol. The third kappa shape index (κ3) is 4.43. The summed E-state index contributed by atoms with van der Waals surface area (Å²) in [6.45, 7) is 2.99. The number of para-hydroxylation sites is 2. The van der Waals surface area contributed by atoms with Gasteiger partial charge in [-0.15, -0.1) is 10.2 Å². The molecule has 1 aromatic heterocycles. The number of amides is 1. The molecule has 1 N–H and O–H groups in total. The molecule has 3 rings (SSSR count). The number of ether oxygens (including phenoxy) is 3. The summed E-state index contributed by atoms with van der Waals surface area (Å²) in [4.78, 5) is 11.9. The van der Waals surface area contributed by atoms with E-state index in [1.165, 1.54) is 11.8 Å². The van der Waals surface area contributed by atoms with Crippen LogP contribution < -0.4 is 14.8 Å². The first kappa shape index (κ1) is 17.6. The summed E-state index contributed by atoms with van der Waals surface area (Å²) >= 11 is 1.19. The van der Waals surface area contributed by atoms with E-state index in [0.717, 1.165) is 0 Å². The van der Waals surface area contributed by atoms with Gasteiger partial charge in [-0.25, -0.2) is 0 Å². The van der Waals surface area contributed by atoms with Gasteiger partial charge in [-0.05, 0) is 19.1 Å². The zero-order valence-corrected chi connectivity index (χ0v) is 14.7. The summed E-state index contributed by atoms with van der Waals surface area (Å²) in [5.41, 5.74) is 0. The average molecular weight is 365 g/mol. The molecule has 2 atom stereocenters. The maximum atomic E-state index is 11.9. The second-order valence-electron chi connectivity index (χ2n) is 5.31. The summed E-state index contributed by atoms with van der Waals surface area (Å²) in [5.74, 6) is 1.53. The fourth-order valence-corrected chi connectivity index (χ4v) is 2.88. The summed E-state index contributed by atoms with van der Waals surface area (Å²) in [6, 6.07) is 7.40. The van der Waals surface area contributed by atoms with E-state index in [4.69, 9.17) is 18.6 Å². The number of nitrogens with zero attached hydrogens (tertiary/aromatic N) is 2. The van der Waals surface area contributed by atoms with Crippen LogP contribution >= 0.6 is 11.8 Å². The van der Waals surface area contributed by atoms with Crippen LogP contribution in [0.3, 0.4) is 0 Å². The molecule has 0 bridgehead atoms. The van der Waals surface area contributed by atoms with Crippen molar-refractivity contribution >= 4 is 17.7 Å². The van der Waals surface area contributed by atoms with Gasteiger partial charge in [0.15, 0.2) is 11.5 Å². The van der Waals surface area contributed by atoms with Gasteiger partial charge in [0.1, 0.15) is 6.61 Å². The topological polar surface area (TPSA) is 95.7 Å². The molecule has 2 aromatic rings. The van der Waals surface area contributed by atoms with E-state index in [9.17, 15) is 4.79 Å². The summed E-state index contributed by atoms with van der Waals surface area (Å²) in [7, 11) is 1.58. The number of nitrogens with one attached hydrogen (secondary N) is 1. The zero-order valence-electron chi connectivity index (χ0n) is 13.9. The minimum Gasteiger partial charge on any atom is -0.485 e. The Morgan fingerprint density at radius 1 is 1.40 bits per heavy atom. The lowest BCUT2D eigenvalue weighted by atomic mass is 10.2. The minimum absolute atomic E-state index is 0.118. The molecule has 9 heteroatoms. The first-order valence-electron chi connectivity index (χ1n) is 7.82. The van der Waals surface area contributed by atoms with Crippen molar-refractivity contribution in [1.82, 2.24) is 15.5 Å². The Labute approximate surface area is 149 Å². The quantitative estimate of drug-likeness (QED) is 0.586. The number of hydrogen-bond donors (Lipinski definition) is 1. The van der Waals surface area contributed by atoms with Gasteiger partial charge in [-0.2, -0.15) is 0 Å². The van der Waals surface area contributed by atoms with E-state index in [1.807, 2.05) is 24.3 Å². The van der Waals surface area contributed by atoms with Crippen LogP contribution in [0.2, 0.25) is 0 Å². The highest BCUT2D eigenvalue weighted by Crippen LogP contribution is 2.36. The molecule has 1 aliphatic rings. The number of hydrogen-bond acceptors (Lipinski definition) is 8. The van der Waals surface area contributed by atoms with Crippen molar-refractivity contribution in [2.24, 2.45) is 0 Å². The lowest BCUT2D eigenvalue weighted by Crippen LogP contribution is -2.33. The Morgan fingerprint density at radius 2 is 2.20 bits per heavy atom. The molecule has 0 fully saturated rings. The van der Waals surface area contributed by atoms with Gasteiger partial charge in [0, 0.05) is 13.7 Å². The molecule has 8 nitrogen and oxygen atoms in total. The molecule has 2 heterocycles. The number of rotatable bonds is 7. The molecular formula is C16H19N3O5S. The molecule has 1 aliphatic heterocycles. The molecule has 0 saturated carbocycles. The normalized spacial score (nSPS) is 17.1. The van der Waals surface area contributed by atoms with Crippen molar-refractivity contribution in [1.29, 1.82) is 0 Å². The number of carbonyl (C=O) groups is 1. The van der Waals surface area contributed by atoms with Crippen molar-refractivity contribution in [3.05, 3.63) is 30.2 Å². The van der Waals surface area contributed by atoms with Crippen molar-refractivity contribution in [2.75, 3.05) is 26.9 Å². The van der Waals surface area contributed by atoms with Gasteiger partial charge < -0.3 is 23.9 Å². The molecule has 25 heavy (non-hydrogen) atoms. The Bertz CT molecular complexity index is 723. The minimum atomic E-state index is -0.470. The van der Waals surface area contributed by atoms with E-state index < -0.39 is 6.10 Å². The predicted octanol–water partition coefficient (Wildman–Crippen LogP) is 1.83. The van der Waals surface area contributed by atoms with Crippen molar-refractivity contribution in [3.63, 3.8) is 0 Å². The van der Waals surface area contributed by atoms with Gasteiger partial charge in [-0.3, -0.25) is 4.79 Å². The maximum Gasteiger partial charge on any atom is 0.277 e. The number of methoxy groups -OCH3 is 1. The number of fused-ring (bicyclic) bond motifs is 1. The number of thioether (sulfide) groups is 1. The fourth-order valence-electron chi connectivity index (χ4n) is 2.16. The lowest BCUT2D eigenvalue weighted by molar-refractivity contribution is -0.120. The van der Waals surface area contributed by atoms with Crippen LogP contribution in [0, 0.1) is 0 Å². The largest absolute Gasteiger partial charge is 0.485 e. The highest BCUT2D eigenvalue weighted by atomic mass is 32.2. The van der Waals surface area contributed by atoms with Crippen molar-refractivity contribution in [2.45, 2.75) is 23.5 Å². The number of benzene rings is 1. The Morgan fingerprint density at radius 3 is 3.00 bits per heavy atom. The van der Waals surface area contributed by atoms with Gasteiger partial charge >= 0.3 is 0 Å². The standard InChI is InChI=1S/C16H19N3O5S/c1-10(14(20)17-7-8-21-2)25-16-19-18-15(24-16)13-9-22-11-5-3-4-6-12(11)23-13/h3-6,10,13H,7-9H2,1-2H3,(H,17,20)/t10-,13-/m1/s1. The number of carbonyl (C=O) groups excluding carboxylic acids is 1. The molecule has 0 spiro atoms. The monoisotopic (exact) mass is 365 g/mol. The molecule has 1 aromatic carbocycles. The van der Waals surface area contributed by atoms with Crippen LogP contribution in [0.5, 0.6) is 11.5 Å². The predicted molar refractivity (Wildman–Crippen MR) is 89.8 cm³/mol. The number of aromatic nitrogens is 2. The lowest BCUT2D eigenvalue weighted by Gasteiger charge is -2.23. The van der Waals surface area contributed by atoms with E-state index in [0.29, 0.717) is 35.8 Å². The first-order chi connectivity index (χ1) is 12.2. The van der Waals surface area contributed by atoms with Crippen LogP contribution in [0.25, 0.3) is 0 Å². The zero-order chi connectivity index (χ0) is 17.6. The van der Waals surface area contributed by atoms with Crippen molar-refractivity contribution in [3.8, 4) is 11.5 Å². The third-order valence-electron chi connectivity index (χ3n) is 3.46. The molecule has 0 saturated heterocycles. The summed E-state index contributed by atoms with van der Waals surface area (Å²) in [5, 5.41) is 10.7. The Balaban J connectivity index is 1.57. The van der Waals surface area contributed by atoms with E-state index in [2.05, 4.69) is 15.5 Å². The molecule has 134 valence electrons. The molecule has 0 radical (unpaired) electrons. The van der Waals surface area contributed by atoms with Crippen LogP contribution in [0.15, 0.2) is 33.9 Å². The molecule has 0 aliphatic carbocycles. The van der Waals surface area contributed by atoms with E-state index in [-0.39, 0.29) is 17.8 Å². The van der Waals surface area contributed by atoms with Crippen LogP contribution in [-0.4, -0.2) is 48.2 Å². The van der Waals surface area contributed by atoms with Gasteiger partial charge in [0.25, 0.3) is 11.1 Å². The maximum absolute atomic E-state index is 11.9. The van der Waals surface area contributed by atoms with Gasteiger partial charge in [0.2, 0.25) is 12.0 Å². The first-order valence-corrected chi connectivity index (χ1v) is 8.70. The van der Waals surface area contributed by atoms with Gasteiger partial charge in [-0.1, -0.05) is 23.9 Å². The summed E-state index contributed by atoms with van der Waals surface area (Å²) < 4.78 is 22.0. The highest BCUT2D eigenvalue weighted by molar-refractivity contribution is 8.00. The van der Waals surface area contributed by atoms with Crippen LogP contribution in [-0.2, 0) is 9.53 Å².